The van der Waals surface area contributed by atoms with Crippen molar-refractivity contribution in [1.82, 2.24) is 9.62 Å². The number of carbonyl (C=O) groups is 2. The summed E-state index contributed by atoms with van der Waals surface area (Å²) in [7, 11) is -2.28. The third-order valence-electron chi connectivity index (χ3n) is 4.35. The molecule has 0 unspecified atom stereocenters. The van der Waals surface area contributed by atoms with Crippen LogP contribution in [0.2, 0.25) is 0 Å². The highest BCUT2D eigenvalue weighted by molar-refractivity contribution is 7.88. The molecule has 0 aliphatic rings. The minimum atomic E-state index is -3.64. The number of anilines is 1. The van der Waals surface area contributed by atoms with E-state index in [4.69, 9.17) is 0 Å². The predicted molar refractivity (Wildman–Crippen MR) is 114 cm³/mol. The Hall–Kier alpha value is -2.71. The molecule has 2 rings (SSSR count). The third-order valence-corrected chi connectivity index (χ3v) is 5.61. The number of nitrogens with one attached hydrogen (secondary N) is 2. The molecule has 0 aliphatic carbocycles. The van der Waals surface area contributed by atoms with E-state index < -0.39 is 22.0 Å². The van der Waals surface area contributed by atoms with Gasteiger partial charge in [0, 0.05) is 13.6 Å². The minimum absolute atomic E-state index is 0.284. The smallest absolute Gasteiger partial charge is 0.253 e. The molecule has 2 N–H and O–H groups in total. The van der Waals surface area contributed by atoms with E-state index >= 15 is 0 Å². The van der Waals surface area contributed by atoms with Gasteiger partial charge in [-0.15, -0.1) is 0 Å². The molecular formula is C21H27N3O4S. The van der Waals surface area contributed by atoms with E-state index in [2.05, 4.69) is 10.6 Å². The lowest BCUT2D eigenvalue weighted by atomic mass is 10.1. The fraction of sp³-hybridized carbons (Fsp3) is 0.333. The molecule has 0 aliphatic heterocycles. The van der Waals surface area contributed by atoms with Gasteiger partial charge in [0.05, 0.1) is 17.5 Å². The van der Waals surface area contributed by atoms with Crippen LogP contribution in [0.4, 0.5) is 5.69 Å². The zero-order chi connectivity index (χ0) is 21.6. The Morgan fingerprint density at radius 1 is 1.00 bits per heavy atom. The number of hydrogen-bond acceptors (Lipinski definition) is 4. The molecule has 29 heavy (non-hydrogen) atoms. The number of likely N-dealkylation sites (N-methyl/N-ethyl adjacent to an activating group) is 1. The van der Waals surface area contributed by atoms with E-state index in [0.29, 0.717) is 23.4 Å². The van der Waals surface area contributed by atoms with Crippen LogP contribution in [0.1, 0.15) is 35.8 Å². The van der Waals surface area contributed by atoms with Gasteiger partial charge >= 0.3 is 0 Å². The van der Waals surface area contributed by atoms with Crippen LogP contribution in [0, 0.1) is 5.92 Å². The van der Waals surface area contributed by atoms with E-state index in [9.17, 15) is 18.0 Å². The van der Waals surface area contributed by atoms with Crippen molar-refractivity contribution in [2.45, 2.75) is 19.9 Å². The van der Waals surface area contributed by atoms with Crippen molar-refractivity contribution >= 4 is 27.5 Å². The largest absolute Gasteiger partial charge is 0.352 e. The summed E-state index contributed by atoms with van der Waals surface area (Å²) in [6.07, 6.45) is 1.05. The molecule has 8 heteroatoms. The first-order valence-corrected chi connectivity index (χ1v) is 11.1. The number of carbonyl (C=O) groups excluding carboxylic acids is 2. The van der Waals surface area contributed by atoms with Gasteiger partial charge in [-0.25, -0.2) is 8.42 Å². The summed E-state index contributed by atoms with van der Waals surface area (Å²) in [5.41, 5.74) is 1.16. The molecule has 2 aromatic carbocycles. The fourth-order valence-electron chi connectivity index (χ4n) is 2.74. The van der Waals surface area contributed by atoms with Gasteiger partial charge in [-0.2, -0.15) is 4.31 Å². The quantitative estimate of drug-likeness (QED) is 0.690. The molecule has 0 radical (unpaired) electrons. The van der Waals surface area contributed by atoms with E-state index in [1.807, 2.05) is 13.8 Å². The maximum atomic E-state index is 13.1. The van der Waals surface area contributed by atoms with Crippen molar-refractivity contribution in [3.8, 4) is 0 Å². The summed E-state index contributed by atoms with van der Waals surface area (Å²) in [6, 6.07) is 14.2. The highest BCUT2D eigenvalue weighted by atomic mass is 32.2. The Balaban J connectivity index is 2.34. The fourth-order valence-corrected chi connectivity index (χ4v) is 3.34. The second-order valence-electron chi connectivity index (χ2n) is 7.23. The van der Waals surface area contributed by atoms with Gasteiger partial charge in [0.15, 0.2) is 0 Å². The molecule has 2 amide bonds. The Labute approximate surface area is 172 Å². The van der Waals surface area contributed by atoms with Crippen molar-refractivity contribution in [2.24, 2.45) is 5.92 Å². The summed E-state index contributed by atoms with van der Waals surface area (Å²) in [5.74, 6) is -0.567. The lowest BCUT2D eigenvalue weighted by Crippen LogP contribution is -2.38. The van der Waals surface area contributed by atoms with Crippen molar-refractivity contribution in [3.05, 3.63) is 65.7 Å². The molecule has 0 fully saturated rings. The Morgan fingerprint density at radius 3 is 2.17 bits per heavy atom. The number of sulfonamides is 1. The molecule has 0 spiro atoms. The monoisotopic (exact) mass is 417 g/mol. The summed E-state index contributed by atoms with van der Waals surface area (Å²) in [4.78, 5) is 25.6. The zero-order valence-corrected chi connectivity index (χ0v) is 17.9. The van der Waals surface area contributed by atoms with Gasteiger partial charge in [0.2, 0.25) is 15.9 Å². The third kappa shape index (κ3) is 6.13. The molecule has 0 heterocycles. The SMILES string of the molecule is CC(C)CNC(=O)c1ccccc1NC(=O)[C@@H](c1ccccc1)N(C)S(C)(=O)=O. The van der Waals surface area contributed by atoms with E-state index in [0.717, 1.165) is 10.6 Å². The van der Waals surface area contributed by atoms with Crippen molar-refractivity contribution < 1.29 is 18.0 Å². The Kier molecular flexibility index (Phi) is 7.53. The van der Waals surface area contributed by atoms with E-state index in [-0.39, 0.29) is 11.8 Å². The van der Waals surface area contributed by atoms with Crippen LogP contribution in [0.3, 0.4) is 0 Å². The summed E-state index contributed by atoms with van der Waals surface area (Å²) in [5, 5.41) is 5.55. The summed E-state index contributed by atoms with van der Waals surface area (Å²) >= 11 is 0. The first-order valence-electron chi connectivity index (χ1n) is 9.27. The van der Waals surface area contributed by atoms with E-state index in [1.54, 1.807) is 54.6 Å². The van der Waals surface area contributed by atoms with Crippen LogP contribution < -0.4 is 10.6 Å². The average molecular weight is 418 g/mol. The topological polar surface area (TPSA) is 95.6 Å². The molecule has 0 bridgehead atoms. The van der Waals surface area contributed by atoms with Crippen LogP contribution in [0.15, 0.2) is 54.6 Å². The van der Waals surface area contributed by atoms with Gasteiger partial charge in [-0.3, -0.25) is 9.59 Å². The molecule has 0 saturated heterocycles. The summed E-state index contributed by atoms with van der Waals surface area (Å²) < 4.78 is 25.2. The Morgan fingerprint density at radius 2 is 1.59 bits per heavy atom. The van der Waals surface area contributed by atoms with Gasteiger partial charge in [0.25, 0.3) is 5.91 Å². The number of hydrogen-bond donors (Lipinski definition) is 2. The molecule has 7 nitrogen and oxygen atoms in total. The first-order chi connectivity index (χ1) is 13.6. The zero-order valence-electron chi connectivity index (χ0n) is 17.0. The second kappa shape index (κ2) is 9.67. The number of rotatable bonds is 8. The van der Waals surface area contributed by atoms with Crippen LogP contribution in [0.25, 0.3) is 0 Å². The van der Waals surface area contributed by atoms with Crippen LogP contribution in [-0.2, 0) is 14.8 Å². The van der Waals surface area contributed by atoms with Crippen molar-refractivity contribution in [2.75, 3.05) is 25.2 Å². The lowest BCUT2D eigenvalue weighted by molar-refractivity contribution is -0.119. The molecular weight excluding hydrogens is 390 g/mol. The highest BCUT2D eigenvalue weighted by Gasteiger charge is 2.31. The lowest BCUT2D eigenvalue weighted by Gasteiger charge is -2.26. The molecule has 0 saturated carbocycles. The minimum Gasteiger partial charge on any atom is -0.352 e. The average Bonchev–Trinajstić information content (AvgIpc) is 2.66. The number of para-hydroxylation sites is 1. The standard InChI is InChI=1S/C21H27N3O4S/c1-15(2)14-22-20(25)17-12-8-9-13-18(17)23-21(26)19(24(3)29(4,27)28)16-10-6-5-7-11-16/h5-13,15,19H,14H2,1-4H3,(H,22,25)(H,23,26)/t19-/m1/s1. The van der Waals surface area contributed by atoms with Gasteiger partial charge in [0.1, 0.15) is 6.04 Å². The van der Waals surface area contributed by atoms with Crippen molar-refractivity contribution in [3.63, 3.8) is 0 Å². The van der Waals surface area contributed by atoms with Crippen molar-refractivity contribution in [1.29, 1.82) is 0 Å². The first kappa shape index (κ1) is 22.6. The maximum absolute atomic E-state index is 13.1. The number of nitrogens with zero attached hydrogens (tertiary/aromatic N) is 1. The molecule has 156 valence electrons. The maximum Gasteiger partial charge on any atom is 0.253 e. The second-order valence-corrected chi connectivity index (χ2v) is 9.27. The van der Waals surface area contributed by atoms with Crippen LogP contribution in [0.5, 0.6) is 0 Å². The number of amides is 2. The van der Waals surface area contributed by atoms with Gasteiger partial charge in [-0.05, 0) is 23.6 Å². The Bertz CT molecular complexity index is 959. The highest BCUT2D eigenvalue weighted by Crippen LogP contribution is 2.25. The molecule has 0 aromatic heterocycles. The summed E-state index contributed by atoms with van der Waals surface area (Å²) in [6.45, 7) is 4.48. The van der Waals surface area contributed by atoms with Crippen LogP contribution >= 0.6 is 0 Å². The van der Waals surface area contributed by atoms with Gasteiger partial charge < -0.3 is 10.6 Å². The van der Waals surface area contributed by atoms with E-state index in [1.165, 1.54) is 7.05 Å². The van der Waals surface area contributed by atoms with Crippen LogP contribution in [-0.4, -0.2) is 44.4 Å². The normalized spacial score (nSPS) is 12.6. The number of benzene rings is 2. The predicted octanol–water partition coefficient (Wildman–Crippen LogP) is 2.64. The molecule has 2 aromatic rings. The van der Waals surface area contributed by atoms with Gasteiger partial charge in [-0.1, -0.05) is 56.3 Å². The molecule has 1 atom stereocenters.